The van der Waals surface area contributed by atoms with Crippen LogP contribution in [-0.2, 0) is 20.6 Å². The number of alkyl halides is 3. The standard InChI is InChI=1S/C49H56F3N9O7/c1-26(29-18-30(49(50,51)52)20-31(53)19-29)55-43-35-22-40(39(67-4)23-36(35)56-27(2)57-43)68-25-48(13-14-48)24-33-21-32(59-15-10-28(11-16-59)44(63)54-3)12-17-60(33)37-7-5-6-34-42(37)47(66)61(46(34)65)38-8-9-41(62)58-45(38)64/h5-7,18-20,22-23,26,28,32-33,38H,8-17,21,24-25,53H2,1-4H3,(H,54,63)(H,55,56,57)(H,58,62,64). The third kappa shape index (κ3) is 9.11. The van der Waals surface area contributed by atoms with E-state index in [0.717, 1.165) is 68.6 Å². The lowest BCUT2D eigenvalue weighted by Gasteiger charge is -2.47. The highest BCUT2D eigenvalue weighted by molar-refractivity contribution is 6.25. The average Bonchev–Trinajstić information content (AvgIpc) is 4.03. The fourth-order valence-electron chi connectivity index (χ4n) is 10.7. The number of piperidine rings is 3. The molecular weight excluding hydrogens is 884 g/mol. The lowest BCUT2D eigenvalue weighted by molar-refractivity contribution is -0.138. The maximum atomic E-state index is 14.4. The van der Waals surface area contributed by atoms with E-state index in [4.69, 9.17) is 15.2 Å². The van der Waals surface area contributed by atoms with Crippen molar-refractivity contribution in [3.8, 4) is 11.5 Å². The SMILES string of the molecule is CNC(=O)C1CCN(C2CCN(c3cccc4c3C(=O)N(C3CCC(=O)NC3=O)C4=O)C(CC3(COc4cc5c(NC(C)c6cc(N)cc(C(F)(F)F)c6)nc(C)nc5cc4OC)CC3)C2)CC1. The monoisotopic (exact) mass is 939 g/mol. The van der Waals surface area contributed by atoms with E-state index in [1.54, 1.807) is 45.2 Å². The number of nitrogen functional groups attached to an aromatic ring is 1. The van der Waals surface area contributed by atoms with Crippen molar-refractivity contribution in [2.45, 2.75) is 102 Å². The number of methoxy groups -OCH3 is 1. The second-order valence-electron chi connectivity index (χ2n) is 19.0. The largest absolute Gasteiger partial charge is 0.493 e. The highest BCUT2D eigenvalue weighted by Gasteiger charge is 2.50. The molecule has 360 valence electrons. The Morgan fingerprint density at radius 2 is 1.75 bits per heavy atom. The summed E-state index contributed by atoms with van der Waals surface area (Å²) >= 11 is 0. The number of nitrogens with zero attached hydrogens (tertiary/aromatic N) is 5. The van der Waals surface area contributed by atoms with E-state index < -0.39 is 47.5 Å². The first-order valence-electron chi connectivity index (χ1n) is 23.3. The van der Waals surface area contributed by atoms with Gasteiger partial charge in [-0.25, -0.2) is 9.97 Å². The third-order valence-corrected chi connectivity index (χ3v) is 14.5. The number of benzene rings is 3. The second-order valence-corrected chi connectivity index (χ2v) is 19.0. The number of ether oxygens (including phenoxy) is 2. The minimum atomic E-state index is -4.57. The summed E-state index contributed by atoms with van der Waals surface area (Å²) in [5.41, 5.74) is 6.77. The van der Waals surface area contributed by atoms with Gasteiger partial charge < -0.3 is 35.6 Å². The fraction of sp³-hybridized carbons (Fsp3) is 0.490. The molecule has 4 fully saturated rings. The third-order valence-electron chi connectivity index (χ3n) is 14.5. The zero-order valence-electron chi connectivity index (χ0n) is 38.5. The molecule has 0 radical (unpaired) electrons. The summed E-state index contributed by atoms with van der Waals surface area (Å²) in [6, 6.07) is 10.7. The Kier molecular flexibility index (Phi) is 12.5. The molecule has 4 aliphatic heterocycles. The van der Waals surface area contributed by atoms with Crippen molar-refractivity contribution in [2.24, 2.45) is 11.3 Å². The van der Waals surface area contributed by atoms with Crippen molar-refractivity contribution >= 4 is 57.6 Å². The summed E-state index contributed by atoms with van der Waals surface area (Å²) in [5.74, 6) is -0.477. The second kappa shape index (κ2) is 18.2. The summed E-state index contributed by atoms with van der Waals surface area (Å²) < 4.78 is 53.7. The molecule has 9 rings (SSSR count). The maximum Gasteiger partial charge on any atom is 0.416 e. The van der Waals surface area contributed by atoms with Crippen molar-refractivity contribution in [3.05, 3.63) is 76.6 Å². The Balaban J connectivity index is 0.987. The molecule has 5 N–H and O–H groups in total. The number of carbonyl (C=O) groups excluding carboxylic acids is 5. The number of hydrogen-bond donors (Lipinski definition) is 4. The van der Waals surface area contributed by atoms with Crippen LogP contribution >= 0.6 is 0 Å². The van der Waals surface area contributed by atoms with Gasteiger partial charge in [0.1, 0.15) is 17.7 Å². The molecule has 1 aromatic heterocycles. The smallest absolute Gasteiger partial charge is 0.416 e. The fourth-order valence-corrected chi connectivity index (χ4v) is 10.7. The van der Waals surface area contributed by atoms with Crippen molar-refractivity contribution in [1.82, 2.24) is 30.4 Å². The lowest BCUT2D eigenvalue weighted by atomic mass is 9.85. The number of anilines is 3. The van der Waals surface area contributed by atoms with Crippen molar-refractivity contribution in [3.63, 3.8) is 0 Å². The van der Waals surface area contributed by atoms with Gasteiger partial charge in [-0.3, -0.25) is 34.2 Å². The van der Waals surface area contributed by atoms with Gasteiger partial charge in [0, 0.05) is 60.6 Å². The van der Waals surface area contributed by atoms with Gasteiger partial charge in [-0.05, 0) is 120 Å². The molecule has 4 unspecified atom stereocenters. The first-order valence-corrected chi connectivity index (χ1v) is 23.3. The quantitative estimate of drug-likeness (QED) is 0.0878. The Bertz CT molecular complexity index is 2690. The highest BCUT2D eigenvalue weighted by Crippen LogP contribution is 2.53. The van der Waals surface area contributed by atoms with E-state index in [0.29, 0.717) is 64.9 Å². The van der Waals surface area contributed by atoms with Crippen LogP contribution in [0.4, 0.5) is 30.4 Å². The van der Waals surface area contributed by atoms with Gasteiger partial charge in [-0.1, -0.05) is 6.07 Å². The molecule has 5 amide bonds. The number of nitrogens with one attached hydrogen (secondary N) is 3. The number of aryl methyl sites for hydroxylation is 1. The van der Waals surface area contributed by atoms with Crippen molar-refractivity contribution < 1.29 is 46.6 Å². The number of rotatable bonds is 13. The number of carbonyl (C=O) groups is 5. The minimum Gasteiger partial charge on any atom is -0.493 e. The minimum absolute atomic E-state index is 0.0105. The molecule has 19 heteroatoms. The molecule has 3 aromatic carbocycles. The summed E-state index contributed by atoms with van der Waals surface area (Å²) in [6.45, 7) is 5.94. The molecule has 0 spiro atoms. The van der Waals surface area contributed by atoms with E-state index in [9.17, 15) is 37.1 Å². The Labute approximate surface area is 391 Å². The number of halogens is 3. The van der Waals surface area contributed by atoms with Crippen molar-refractivity contribution in [2.75, 3.05) is 56.3 Å². The van der Waals surface area contributed by atoms with Gasteiger partial charge >= 0.3 is 6.18 Å². The molecule has 1 saturated carbocycles. The number of fused-ring (bicyclic) bond motifs is 2. The van der Waals surface area contributed by atoms with Gasteiger partial charge in [-0.15, -0.1) is 0 Å². The summed E-state index contributed by atoms with van der Waals surface area (Å²) in [5, 5.41) is 8.93. The molecule has 16 nitrogen and oxygen atoms in total. The summed E-state index contributed by atoms with van der Waals surface area (Å²) in [6.07, 6.45) is 1.01. The van der Waals surface area contributed by atoms with Gasteiger partial charge in [0.2, 0.25) is 17.7 Å². The average molecular weight is 940 g/mol. The molecule has 4 atom stereocenters. The molecule has 3 saturated heterocycles. The van der Waals surface area contributed by atoms with Crippen LogP contribution in [0.25, 0.3) is 10.9 Å². The molecule has 0 bridgehead atoms. The van der Waals surface area contributed by atoms with Gasteiger partial charge in [0.05, 0.1) is 47.7 Å². The first kappa shape index (κ1) is 46.6. The van der Waals surface area contributed by atoms with Crippen LogP contribution < -0.4 is 36.1 Å². The van der Waals surface area contributed by atoms with Crippen LogP contribution in [0.2, 0.25) is 0 Å². The lowest BCUT2D eigenvalue weighted by Crippen LogP contribution is -2.54. The van der Waals surface area contributed by atoms with E-state index in [1.807, 2.05) is 6.07 Å². The zero-order valence-corrected chi connectivity index (χ0v) is 38.5. The number of likely N-dealkylation sites (tertiary alicyclic amines) is 1. The topological polar surface area (TPSA) is 201 Å². The van der Waals surface area contributed by atoms with E-state index >= 15 is 0 Å². The number of amides is 5. The maximum absolute atomic E-state index is 14.4. The zero-order chi connectivity index (χ0) is 48.2. The van der Waals surface area contributed by atoms with E-state index in [2.05, 4.69) is 35.7 Å². The highest BCUT2D eigenvalue weighted by atomic mass is 19.4. The number of nitrogens with two attached hydrogens (primary N) is 1. The first-order chi connectivity index (χ1) is 32.4. The number of hydrogen-bond acceptors (Lipinski definition) is 13. The van der Waals surface area contributed by atoms with Crippen LogP contribution in [-0.4, -0.2) is 108 Å². The van der Waals surface area contributed by atoms with E-state index in [1.165, 1.54) is 13.2 Å². The summed E-state index contributed by atoms with van der Waals surface area (Å²) in [7, 11) is 3.21. The van der Waals surface area contributed by atoms with Crippen LogP contribution in [0.1, 0.15) is 108 Å². The van der Waals surface area contributed by atoms with Gasteiger partial charge in [0.15, 0.2) is 11.5 Å². The molecule has 1 aliphatic carbocycles. The number of aromatic nitrogens is 2. The molecule has 5 aliphatic rings. The number of imide groups is 2. The molecule has 5 heterocycles. The van der Waals surface area contributed by atoms with Crippen LogP contribution in [0.15, 0.2) is 48.5 Å². The Hall–Kier alpha value is -6.50. The Morgan fingerprint density at radius 1 is 0.985 bits per heavy atom. The van der Waals surface area contributed by atoms with Crippen molar-refractivity contribution in [1.29, 1.82) is 0 Å². The van der Waals surface area contributed by atoms with Gasteiger partial charge in [-0.2, -0.15) is 13.2 Å². The molecule has 4 aromatic rings. The predicted octanol–water partition coefficient (Wildman–Crippen LogP) is 6.17. The van der Waals surface area contributed by atoms with Crippen LogP contribution in [0, 0.1) is 18.3 Å². The van der Waals surface area contributed by atoms with Crippen LogP contribution in [0.5, 0.6) is 11.5 Å². The normalized spacial score (nSPS) is 22.5. The molecule has 68 heavy (non-hydrogen) atoms. The molecular formula is C49H56F3N9O7. The Morgan fingerprint density at radius 3 is 2.44 bits per heavy atom. The predicted molar refractivity (Wildman–Crippen MR) is 246 cm³/mol. The van der Waals surface area contributed by atoms with E-state index in [-0.39, 0.29) is 59.0 Å². The van der Waals surface area contributed by atoms with Gasteiger partial charge in [0.25, 0.3) is 11.8 Å². The van der Waals surface area contributed by atoms with Crippen LogP contribution in [0.3, 0.4) is 0 Å². The summed E-state index contributed by atoms with van der Waals surface area (Å²) in [4.78, 5) is 80.7.